The molecule has 2 heterocycles. The first-order valence-electron chi connectivity index (χ1n) is 12.1. The molecule has 10 heteroatoms. The lowest BCUT2D eigenvalue weighted by Crippen LogP contribution is -2.21. The van der Waals surface area contributed by atoms with Crippen LogP contribution < -0.4 is 20.5 Å². The molecular formula is C29H24ClN5O3S. The Balaban J connectivity index is 1.31. The first-order chi connectivity index (χ1) is 19.0. The Labute approximate surface area is 234 Å². The van der Waals surface area contributed by atoms with Gasteiger partial charge in [-0.25, -0.2) is 4.98 Å². The molecule has 0 atom stereocenters. The third-order valence-electron chi connectivity index (χ3n) is 5.60. The van der Waals surface area contributed by atoms with E-state index in [2.05, 4.69) is 20.6 Å². The van der Waals surface area contributed by atoms with Gasteiger partial charge in [0.05, 0.1) is 30.4 Å². The summed E-state index contributed by atoms with van der Waals surface area (Å²) in [6.07, 6.45) is 3.07. The molecular weight excluding hydrogens is 534 g/mol. The number of ether oxygens (including phenoxy) is 2. The third-order valence-corrected chi connectivity index (χ3v) is 6.70. The van der Waals surface area contributed by atoms with Crippen molar-refractivity contribution in [2.45, 2.75) is 13.8 Å². The van der Waals surface area contributed by atoms with Crippen molar-refractivity contribution >= 4 is 34.3 Å². The minimum Gasteiger partial charge on any atom is -0.490 e. The van der Waals surface area contributed by atoms with E-state index in [1.807, 2.05) is 67.8 Å². The smallest absolute Gasteiger partial charge is 0.294 e. The molecule has 0 spiro atoms. The molecule has 8 nitrogen and oxygen atoms in total. The summed E-state index contributed by atoms with van der Waals surface area (Å²) in [4.78, 5) is 17.4. The predicted molar refractivity (Wildman–Crippen MR) is 156 cm³/mol. The van der Waals surface area contributed by atoms with E-state index >= 15 is 0 Å². The molecule has 39 heavy (non-hydrogen) atoms. The van der Waals surface area contributed by atoms with Gasteiger partial charge in [0.1, 0.15) is 0 Å². The lowest BCUT2D eigenvalue weighted by molar-refractivity contribution is 0.321. The van der Waals surface area contributed by atoms with Crippen LogP contribution in [-0.2, 0) is 0 Å². The molecule has 0 saturated carbocycles. The molecule has 0 bridgehead atoms. The van der Waals surface area contributed by atoms with Crippen LogP contribution >= 0.6 is 22.9 Å². The molecule has 0 fully saturated rings. The summed E-state index contributed by atoms with van der Waals surface area (Å²) in [7, 11) is 0. The Bertz CT molecular complexity index is 1670. The van der Waals surface area contributed by atoms with Crippen molar-refractivity contribution in [3.05, 3.63) is 111 Å². The van der Waals surface area contributed by atoms with Gasteiger partial charge in [0.2, 0.25) is 5.13 Å². The molecule has 3 aromatic carbocycles. The van der Waals surface area contributed by atoms with Crippen LogP contribution in [0.5, 0.6) is 17.2 Å². The minimum absolute atomic E-state index is 0.0822. The number of benzene rings is 3. The SMILES string of the molecule is CCOc1cc(C=NNc2nc(-c3ccccc3)cs2)ccc1Oc1cnn(-c2ccc(C)cc2)c(=O)c1Cl. The predicted octanol–water partition coefficient (Wildman–Crippen LogP) is 6.95. The van der Waals surface area contributed by atoms with Crippen LogP contribution in [-0.4, -0.2) is 27.6 Å². The van der Waals surface area contributed by atoms with E-state index in [0.717, 1.165) is 22.4 Å². The molecule has 0 saturated heterocycles. The van der Waals surface area contributed by atoms with Gasteiger partial charge in [-0.2, -0.15) is 14.9 Å². The van der Waals surface area contributed by atoms with Gasteiger partial charge in [-0.15, -0.1) is 11.3 Å². The fourth-order valence-corrected chi connectivity index (χ4v) is 4.50. The van der Waals surface area contributed by atoms with Gasteiger partial charge >= 0.3 is 0 Å². The summed E-state index contributed by atoms with van der Waals surface area (Å²) < 4.78 is 13.0. The standard InChI is InChI=1S/C29H24ClN5O3S/c1-3-37-25-15-20(16-31-34-29-33-23(18-39-29)21-7-5-4-6-8-21)11-14-24(25)38-26-17-32-35(28(36)27(26)30)22-12-9-19(2)10-13-22/h4-18H,3H2,1-2H3,(H,33,34). The van der Waals surface area contributed by atoms with Crippen molar-refractivity contribution in [2.24, 2.45) is 5.10 Å². The highest BCUT2D eigenvalue weighted by Crippen LogP contribution is 2.34. The highest BCUT2D eigenvalue weighted by atomic mass is 35.5. The Morgan fingerprint density at radius 3 is 2.62 bits per heavy atom. The normalized spacial score (nSPS) is 11.1. The van der Waals surface area contributed by atoms with E-state index in [1.54, 1.807) is 30.5 Å². The summed E-state index contributed by atoms with van der Waals surface area (Å²) in [5, 5.41) is 11.1. The van der Waals surface area contributed by atoms with Crippen molar-refractivity contribution in [3.8, 4) is 34.2 Å². The molecule has 5 aromatic rings. The van der Waals surface area contributed by atoms with E-state index in [1.165, 1.54) is 22.2 Å². The van der Waals surface area contributed by atoms with Crippen molar-refractivity contribution in [3.63, 3.8) is 0 Å². The molecule has 1 N–H and O–H groups in total. The zero-order valence-corrected chi connectivity index (χ0v) is 22.7. The molecule has 0 radical (unpaired) electrons. The molecule has 196 valence electrons. The van der Waals surface area contributed by atoms with Crippen molar-refractivity contribution in [1.82, 2.24) is 14.8 Å². The first-order valence-corrected chi connectivity index (χ1v) is 13.4. The van der Waals surface area contributed by atoms with Gasteiger partial charge in [-0.05, 0) is 49.7 Å². The average molecular weight is 558 g/mol. The molecule has 5 rings (SSSR count). The second-order valence-corrected chi connectivity index (χ2v) is 9.63. The second kappa shape index (κ2) is 11.9. The molecule has 0 aliphatic rings. The maximum absolute atomic E-state index is 12.9. The van der Waals surface area contributed by atoms with E-state index in [4.69, 9.17) is 21.1 Å². The lowest BCUT2D eigenvalue weighted by atomic mass is 10.2. The van der Waals surface area contributed by atoms with Gasteiger partial charge < -0.3 is 9.47 Å². The second-order valence-electron chi connectivity index (χ2n) is 8.39. The van der Waals surface area contributed by atoms with Crippen LogP contribution in [0.15, 0.2) is 94.3 Å². The number of nitrogens with zero attached hydrogens (tertiary/aromatic N) is 4. The number of hydrogen-bond donors (Lipinski definition) is 1. The zero-order chi connectivity index (χ0) is 27.2. The van der Waals surface area contributed by atoms with Gasteiger partial charge in [0.25, 0.3) is 5.56 Å². The number of hydrazone groups is 1. The van der Waals surface area contributed by atoms with E-state index in [-0.39, 0.29) is 10.8 Å². The minimum atomic E-state index is -0.483. The average Bonchev–Trinajstić information content (AvgIpc) is 3.43. The van der Waals surface area contributed by atoms with Crippen LogP contribution in [0.1, 0.15) is 18.1 Å². The summed E-state index contributed by atoms with van der Waals surface area (Å²) >= 11 is 7.85. The number of thiazole rings is 1. The summed E-state index contributed by atoms with van der Waals surface area (Å²) in [6.45, 7) is 4.25. The number of nitrogens with one attached hydrogen (secondary N) is 1. The highest BCUT2D eigenvalue weighted by Gasteiger charge is 2.15. The van der Waals surface area contributed by atoms with E-state index in [0.29, 0.717) is 28.9 Å². The van der Waals surface area contributed by atoms with E-state index < -0.39 is 5.56 Å². The summed E-state index contributed by atoms with van der Waals surface area (Å²) in [5.41, 5.74) is 6.88. The Kier molecular flexibility index (Phi) is 8.00. The highest BCUT2D eigenvalue weighted by molar-refractivity contribution is 7.14. The Hall–Kier alpha value is -4.47. The first kappa shape index (κ1) is 26.1. The fraction of sp³-hybridized carbons (Fsp3) is 0.103. The maximum atomic E-state index is 12.9. The van der Waals surface area contributed by atoms with Crippen LogP contribution in [0.4, 0.5) is 5.13 Å². The third kappa shape index (κ3) is 6.17. The van der Waals surface area contributed by atoms with Gasteiger partial charge in [-0.3, -0.25) is 10.2 Å². The van der Waals surface area contributed by atoms with Crippen molar-refractivity contribution in [2.75, 3.05) is 12.0 Å². The summed E-state index contributed by atoms with van der Waals surface area (Å²) in [5.74, 6) is 0.999. The monoisotopic (exact) mass is 557 g/mol. The number of hydrogen-bond acceptors (Lipinski definition) is 8. The van der Waals surface area contributed by atoms with Crippen LogP contribution in [0.25, 0.3) is 16.9 Å². The molecule has 0 amide bonds. The van der Waals surface area contributed by atoms with Crippen molar-refractivity contribution in [1.29, 1.82) is 0 Å². The Morgan fingerprint density at radius 2 is 1.85 bits per heavy atom. The number of anilines is 1. The van der Waals surface area contributed by atoms with Gasteiger partial charge in [0, 0.05) is 10.9 Å². The topological polar surface area (TPSA) is 90.6 Å². The van der Waals surface area contributed by atoms with Gasteiger partial charge in [-0.1, -0.05) is 59.6 Å². The molecule has 0 aliphatic heterocycles. The van der Waals surface area contributed by atoms with E-state index in [9.17, 15) is 4.79 Å². The number of aromatic nitrogens is 3. The molecule has 0 aliphatic carbocycles. The fourth-order valence-electron chi connectivity index (χ4n) is 3.66. The largest absolute Gasteiger partial charge is 0.490 e. The van der Waals surface area contributed by atoms with Gasteiger partial charge in [0.15, 0.2) is 22.3 Å². The number of aryl methyl sites for hydroxylation is 1. The summed E-state index contributed by atoms with van der Waals surface area (Å²) in [6, 6.07) is 22.7. The zero-order valence-electron chi connectivity index (χ0n) is 21.2. The quantitative estimate of drug-likeness (QED) is 0.156. The number of halogens is 1. The maximum Gasteiger partial charge on any atom is 0.294 e. The van der Waals surface area contributed by atoms with Crippen LogP contribution in [0.2, 0.25) is 5.02 Å². The lowest BCUT2D eigenvalue weighted by Gasteiger charge is -2.13. The van der Waals surface area contributed by atoms with Crippen LogP contribution in [0.3, 0.4) is 0 Å². The van der Waals surface area contributed by atoms with Crippen LogP contribution in [0, 0.1) is 6.92 Å². The Morgan fingerprint density at radius 1 is 1.05 bits per heavy atom. The molecule has 2 aromatic heterocycles. The van der Waals surface area contributed by atoms with Crippen molar-refractivity contribution < 1.29 is 9.47 Å². The number of rotatable bonds is 9. The molecule has 0 unspecified atom stereocenters.